The Hall–Kier alpha value is -2.10. The van der Waals surface area contributed by atoms with E-state index in [2.05, 4.69) is 5.32 Å². The third-order valence-electron chi connectivity index (χ3n) is 5.78. The largest absolute Gasteiger partial charge is 0.490 e. The highest BCUT2D eigenvalue weighted by Crippen LogP contribution is 2.44. The number of hydrogen-bond donors (Lipinski definition) is 3. The summed E-state index contributed by atoms with van der Waals surface area (Å²) in [6.07, 6.45) is -9.77. The van der Waals surface area contributed by atoms with Gasteiger partial charge in [0.1, 0.15) is 11.3 Å². The van der Waals surface area contributed by atoms with Gasteiger partial charge in [0, 0.05) is 18.3 Å². The third-order valence-corrected chi connectivity index (χ3v) is 6.49. The molecule has 12 heteroatoms. The van der Waals surface area contributed by atoms with Gasteiger partial charge in [0.25, 0.3) is 5.91 Å². The minimum atomic E-state index is -4.78. The zero-order valence-electron chi connectivity index (χ0n) is 17.9. The first-order chi connectivity index (χ1) is 15.9. The van der Waals surface area contributed by atoms with Crippen molar-refractivity contribution in [3.05, 3.63) is 41.5 Å². The van der Waals surface area contributed by atoms with E-state index in [0.717, 1.165) is 6.07 Å². The summed E-state index contributed by atoms with van der Waals surface area (Å²) in [5, 5.41) is 2.54. The van der Waals surface area contributed by atoms with Crippen LogP contribution in [0.2, 0.25) is 0 Å². The molecule has 1 saturated carbocycles. The Morgan fingerprint density at radius 3 is 2.29 bits per heavy atom. The second kappa shape index (κ2) is 10.7. The molecule has 1 fully saturated rings. The van der Waals surface area contributed by atoms with Crippen molar-refractivity contribution in [3.8, 4) is 5.75 Å². The molecular formula is C22H24F6NO4P. The van der Waals surface area contributed by atoms with Gasteiger partial charge in [0.15, 0.2) is 8.38 Å². The molecular weight excluding hydrogens is 487 g/mol. The highest BCUT2D eigenvalue weighted by atomic mass is 31.2. The lowest BCUT2D eigenvalue weighted by Gasteiger charge is -2.31. The molecule has 3 rings (SSSR count). The Morgan fingerprint density at radius 1 is 1.03 bits per heavy atom. The van der Waals surface area contributed by atoms with Gasteiger partial charge in [-0.05, 0) is 61.1 Å². The van der Waals surface area contributed by atoms with Crippen LogP contribution in [0, 0.1) is 5.92 Å². The molecule has 0 unspecified atom stereocenters. The Labute approximate surface area is 193 Å². The molecule has 5 nitrogen and oxygen atoms in total. The minimum Gasteiger partial charge on any atom is -0.490 e. The van der Waals surface area contributed by atoms with Crippen molar-refractivity contribution in [1.82, 2.24) is 5.32 Å². The molecule has 0 bridgehead atoms. The zero-order chi connectivity index (χ0) is 25.1. The van der Waals surface area contributed by atoms with Crippen molar-refractivity contribution in [2.45, 2.75) is 50.6 Å². The van der Waals surface area contributed by atoms with Crippen LogP contribution < -0.4 is 10.1 Å². The van der Waals surface area contributed by atoms with Crippen molar-refractivity contribution in [2.75, 3.05) is 12.7 Å². The molecule has 2 aromatic rings. The molecule has 0 aliphatic heterocycles. The van der Waals surface area contributed by atoms with Gasteiger partial charge in [-0.3, -0.25) is 4.79 Å². The predicted octanol–water partition coefficient (Wildman–Crippen LogP) is 5.77. The number of benzene rings is 2. The molecule has 3 N–H and O–H groups in total. The van der Waals surface area contributed by atoms with Gasteiger partial charge in [-0.1, -0.05) is 12.1 Å². The summed E-state index contributed by atoms with van der Waals surface area (Å²) >= 11 is 0. The number of halogens is 6. The van der Waals surface area contributed by atoms with E-state index in [1.165, 1.54) is 24.3 Å². The van der Waals surface area contributed by atoms with Gasteiger partial charge >= 0.3 is 12.4 Å². The van der Waals surface area contributed by atoms with Crippen LogP contribution in [0.5, 0.6) is 5.75 Å². The fraction of sp³-hybridized carbons (Fsp3) is 0.500. The van der Waals surface area contributed by atoms with Gasteiger partial charge in [-0.25, -0.2) is 0 Å². The Kier molecular flexibility index (Phi) is 8.31. The Bertz CT molecular complexity index is 1000. The molecule has 0 aromatic heterocycles. The topological polar surface area (TPSA) is 78.8 Å². The number of rotatable bonds is 7. The molecule has 2 aromatic carbocycles. The lowest BCUT2D eigenvalue weighted by molar-refractivity contribution is -0.185. The number of fused-ring (bicyclic) bond motifs is 1. The van der Waals surface area contributed by atoms with E-state index in [4.69, 9.17) is 14.5 Å². The molecule has 0 radical (unpaired) electrons. The average Bonchev–Trinajstić information content (AvgIpc) is 2.74. The summed E-state index contributed by atoms with van der Waals surface area (Å²) in [4.78, 5) is 30.0. The number of hydrogen-bond acceptors (Lipinski definition) is 4. The molecule has 0 spiro atoms. The SMILES string of the molecule is O=C(NCCCP(O)O)c1ccc2c(C(F)(F)F)c(OC3CCC(C(F)(F)F)CC3)ccc2c1. The summed E-state index contributed by atoms with van der Waals surface area (Å²) in [5.41, 5.74) is -0.899. The van der Waals surface area contributed by atoms with Crippen LogP contribution in [0.1, 0.15) is 48.0 Å². The van der Waals surface area contributed by atoms with Gasteiger partial charge in [-0.15, -0.1) is 0 Å². The van der Waals surface area contributed by atoms with Crippen LogP contribution in [0.25, 0.3) is 10.8 Å². The van der Waals surface area contributed by atoms with E-state index in [9.17, 15) is 31.1 Å². The summed E-state index contributed by atoms with van der Waals surface area (Å²) in [6.45, 7) is 0.175. The van der Waals surface area contributed by atoms with Gasteiger partial charge in [0.2, 0.25) is 0 Å². The van der Waals surface area contributed by atoms with Crippen LogP contribution in [0.15, 0.2) is 30.3 Å². The van der Waals surface area contributed by atoms with E-state index in [1.54, 1.807) is 0 Å². The first kappa shape index (κ1) is 26.5. The number of ether oxygens (including phenoxy) is 1. The molecule has 1 aliphatic carbocycles. The molecule has 0 saturated heterocycles. The smallest absolute Gasteiger partial charge is 0.420 e. The molecule has 1 aliphatic rings. The maximum Gasteiger partial charge on any atom is 0.420 e. The molecule has 0 atom stereocenters. The van der Waals surface area contributed by atoms with E-state index in [0.29, 0.717) is 6.42 Å². The van der Waals surface area contributed by atoms with Crippen LogP contribution in [-0.2, 0) is 6.18 Å². The van der Waals surface area contributed by atoms with Crippen LogP contribution >= 0.6 is 8.38 Å². The van der Waals surface area contributed by atoms with Crippen LogP contribution in [0.4, 0.5) is 26.3 Å². The highest BCUT2D eigenvalue weighted by Gasteiger charge is 2.42. The fourth-order valence-corrected chi connectivity index (χ4v) is 4.49. The van der Waals surface area contributed by atoms with E-state index >= 15 is 0 Å². The van der Waals surface area contributed by atoms with Gasteiger partial charge < -0.3 is 19.8 Å². The highest BCUT2D eigenvalue weighted by molar-refractivity contribution is 7.45. The summed E-state index contributed by atoms with van der Waals surface area (Å²) < 4.78 is 85.9. The fourth-order valence-electron chi connectivity index (χ4n) is 4.05. The molecule has 188 valence electrons. The monoisotopic (exact) mass is 511 g/mol. The molecule has 34 heavy (non-hydrogen) atoms. The third kappa shape index (κ3) is 6.73. The normalized spacial score (nSPS) is 19.4. The second-order valence-corrected chi connectivity index (χ2v) is 9.40. The number of carbonyl (C=O) groups is 1. The molecule has 1 amide bonds. The predicted molar refractivity (Wildman–Crippen MR) is 115 cm³/mol. The standard InChI is InChI=1S/C22H24F6NO4P/c23-21(24,25)15-4-6-16(7-5-15)33-18-9-3-13-12-14(20(30)29-10-1-11-34(31)32)2-8-17(13)19(18)22(26,27)28/h2-3,8-9,12,15-16,31-32H,1,4-7,10-11H2,(H,29,30). The first-order valence-corrected chi connectivity index (χ1v) is 12.1. The quantitative estimate of drug-likeness (QED) is 0.250. The van der Waals surface area contributed by atoms with E-state index < -0.39 is 50.0 Å². The van der Waals surface area contributed by atoms with Gasteiger partial charge in [-0.2, -0.15) is 26.3 Å². The van der Waals surface area contributed by atoms with Crippen molar-refractivity contribution in [1.29, 1.82) is 0 Å². The number of carbonyl (C=O) groups excluding carboxylic acids is 1. The van der Waals surface area contributed by atoms with Crippen LogP contribution in [0.3, 0.4) is 0 Å². The average molecular weight is 511 g/mol. The van der Waals surface area contributed by atoms with Crippen molar-refractivity contribution in [3.63, 3.8) is 0 Å². The molecule has 0 heterocycles. The van der Waals surface area contributed by atoms with Crippen LogP contribution in [-0.4, -0.2) is 40.7 Å². The first-order valence-electron chi connectivity index (χ1n) is 10.7. The van der Waals surface area contributed by atoms with Crippen molar-refractivity contribution < 1.29 is 45.7 Å². The van der Waals surface area contributed by atoms with E-state index in [-0.39, 0.29) is 54.7 Å². The Morgan fingerprint density at radius 2 is 1.71 bits per heavy atom. The van der Waals surface area contributed by atoms with E-state index in [1.807, 2.05) is 0 Å². The summed E-state index contributed by atoms with van der Waals surface area (Å²) in [7, 11) is -2.06. The number of nitrogens with one attached hydrogen (secondary N) is 1. The number of alkyl halides is 6. The lowest BCUT2D eigenvalue weighted by Crippen LogP contribution is -2.32. The minimum absolute atomic E-state index is 0.00703. The second-order valence-electron chi connectivity index (χ2n) is 8.21. The van der Waals surface area contributed by atoms with Crippen molar-refractivity contribution >= 4 is 25.1 Å². The van der Waals surface area contributed by atoms with Gasteiger partial charge in [0.05, 0.1) is 12.0 Å². The number of amides is 1. The summed E-state index contributed by atoms with van der Waals surface area (Å²) in [6, 6.07) is 6.23. The van der Waals surface area contributed by atoms with Crippen molar-refractivity contribution in [2.24, 2.45) is 5.92 Å². The lowest BCUT2D eigenvalue weighted by atomic mass is 9.87. The maximum atomic E-state index is 13.9. The summed E-state index contributed by atoms with van der Waals surface area (Å²) in [5.74, 6) is -2.43. The Balaban J connectivity index is 1.79. The maximum absolute atomic E-state index is 13.9. The zero-order valence-corrected chi connectivity index (χ0v) is 18.8.